The minimum absolute atomic E-state index is 0.164. The zero-order valence-electron chi connectivity index (χ0n) is 14.7. The van der Waals surface area contributed by atoms with Gasteiger partial charge >= 0.3 is 0 Å². The lowest BCUT2D eigenvalue weighted by atomic mass is 10.0. The molecule has 2 heterocycles. The minimum atomic E-state index is 0.164. The number of carbonyl (C=O) groups excluding carboxylic acids is 1. The van der Waals surface area contributed by atoms with Crippen molar-refractivity contribution in [3.05, 3.63) is 47.5 Å². The summed E-state index contributed by atoms with van der Waals surface area (Å²) in [5, 5.41) is 3.49. The van der Waals surface area contributed by atoms with Crippen LogP contribution in [-0.2, 0) is 0 Å². The van der Waals surface area contributed by atoms with Crippen LogP contribution in [0.1, 0.15) is 15.9 Å². The van der Waals surface area contributed by atoms with E-state index >= 15 is 0 Å². The summed E-state index contributed by atoms with van der Waals surface area (Å²) < 4.78 is 0. The molecule has 2 atom stereocenters. The maximum atomic E-state index is 13.0. The van der Waals surface area contributed by atoms with E-state index in [1.54, 1.807) is 0 Å². The Labute approximate surface area is 148 Å². The van der Waals surface area contributed by atoms with Crippen molar-refractivity contribution in [1.82, 2.24) is 5.32 Å². The van der Waals surface area contributed by atoms with Crippen LogP contribution < -0.4 is 15.1 Å². The van der Waals surface area contributed by atoms with Crippen molar-refractivity contribution in [3.63, 3.8) is 0 Å². The van der Waals surface area contributed by atoms with E-state index in [0.29, 0.717) is 0 Å². The normalized spacial score (nSPS) is 23.6. The second-order valence-electron chi connectivity index (χ2n) is 7.77. The first-order valence-corrected chi connectivity index (χ1v) is 9.08. The van der Waals surface area contributed by atoms with Crippen molar-refractivity contribution in [2.45, 2.75) is 0 Å². The number of ketones is 1. The molecule has 4 heteroatoms. The number of carbonyl (C=O) groups is 1. The van der Waals surface area contributed by atoms with Crippen molar-refractivity contribution in [2.24, 2.45) is 11.8 Å². The molecule has 1 aliphatic carbocycles. The second-order valence-corrected chi connectivity index (χ2v) is 7.77. The first-order valence-electron chi connectivity index (χ1n) is 9.08. The number of hydrogen-bond donors (Lipinski definition) is 1. The molecule has 2 aromatic rings. The van der Waals surface area contributed by atoms with Gasteiger partial charge in [0.25, 0.3) is 0 Å². The highest BCUT2D eigenvalue weighted by atomic mass is 16.1. The fourth-order valence-electron chi connectivity index (χ4n) is 4.60. The number of nitrogens with one attached hydrogen (secondary N) is 1. The predicted molar refractivity (Wildman–Crippen MR) is 102 cm³/mol. The van der Waals surface area contributed by atoms with Gasteiger partial charge in [-0.1, -0.05) is 12.1 Å². The third kappa shape index (κ3) is 2.20. The van der Waals surface area contributed by atoms with Gasteiger partial charge in [-0.25, -0.2) is 0 Å². The van der Waals surface area contributed by atoms with Crippen LogP contribution in [0.3, 0.4) is 0 Å². The van der Waals surface area contributed by atoms with Crippen LogP contribution in [0.5, 0.6) is 0 Å². The standard InChI is InChI=1S/C21H23N3O/c1-23(2)15-3-5-17-18-6-4-16(8-20(18)21(25)19(17)7-15)24-11-13-9-22-10-14(13)12-24/h3-8,13-14,22H,9-12H2,1-2H3. The minimum Gasteiger partial charge on any atom is -0.378 e. The van der Waals surface area contributed by atoms with Gasteiger partial charge in [-0.3, -0.25) is 4.79 Å². The molecule has 2 unspecified atom stereocenters. The molecule has 0 aromatic heterocycles. The van der Waals surface area contributed by atoms with E-state index in [9.17, 15) is 4.79 Å². The highest BCUT2D eigenvalue weighted by Gasteiger charge is 2.37. The van der Waals surface area contributed by atoms with Gasteiger partial charge in [0, 0.05) is 62.8 Å². The lowest BCUT2D eigenvalue weighted by Gasteiger charge is -2.20. The Bertz CT molecular complexity index is 861. The SMILES string of the molecule is CN(C)c1ccc2c(c1)C(=O)c1cc(N3CC4CNCC4C3)ccc1-2. The Morgan fingerprint density at radius 2 is 1.56 bits per heavy atom. The first kappa shape index (κ1) is 15.0. The third-order valence-electron chi connectivity index (χ3n) is 6.06. The topological polar surface area (TPSA) is 35.6 Å². The van der Waals surface area contributed by atoms with Crippen LogP contribution in [-0.4, -0.2) is 46.1 Å². The van der Waals surface area contributed by atoms with Crippen molar-refractivity contribution in [3.8, 4) is 11.1 Å². The second kappa shape index (κ2) is 5.33. The van der Waals surface area contributed by atoms with Gasteiger partial charge in [0.2, 0.25) is 0 Å². The smallest absolute Gasteiger partial charge is 0.194 e. The van der Waals surface area contributed by atoms with Gasteiger partial charge in [0.1, 0.15) is 0 Å². The third-order valence-corrected chi connectivity index (χ3v) is 6.06. The van der Waals surface area contributed by atoms with E-state index in [0.717, 1.165) is 66.0 Å². The molecular formula is C21H23N3O. The number of fused-ring (bicyclic) bond motifs is 4. The van der Waals surface area contributed by atoms with E-state index in [1.807, 2.05) is 25.1 Å². The number of hydrogen-bond acceptors (Lipinski definition) is 4. The molecule has 2 aromatic carbocycles. The van der Waals surface area contributed by atoms with Crippen molar-refractivity contribution in [1.29, 1.82) is 0 Å². The molecule has 128 valence electrons. The van der Waals surface area contributed by atoms with Gasteiger partial charge in [-0.15, -0.1) is 0 Å². The number of nitrogens with zero attached hydrogens (tertiary/aromatic N) is 2. The molecule has 1 N–H and O–H groups in total. The van der Waals surface area contributed by atoms with Gasteiger partial charge in [0.15, 0.2) is 5.78 Å². The van der Waals surface area contributed by atoms with Gasteiger partial charge < -0.3 is 15.1 Å². The highest BCUT2D eigenvalue weighted by molar-refractivity contribution is 6.22. The molecule has 0 bridgehead atoms. The quantitative estimate of drug-likeness (QED) is 0.782. The average molecular weight is 333 g/mol. The molecule has 3 aliphatic rings. The van der Waals surface area contributed by atoms with Gasteiger partial charge in [0.05, 0.1) is 0 Å². The monoisotopic (exact) mass is 333 g/mol. The van der Waals surface area contributed by atoms with Crippen LogP contribution in [0.4, 0.5) is 11.4 Å². The summed E-state index contributed by atoms with van der Waals surface area (Å²) >= 11 is 0. The van der Waals surface area contributed by atoms with E-state index < -0.39 is 0 Å². The van der Waals surface area contributed by atoms with E-state index in [1.165, 1.54) is 5.69 Å². The predicted octanol–water partition coefficient (Wildman–Crippen LogP) is 2.62. The number of rotatable bonds is 2. The molecule has 0 radical (unpaired) electrons. The van der Waals surface area contributed by atoms with Crippen molar-refractivity contribution in [2.75, 3.05) is 50.1 Å². The van der Waals surface area contributed by atoms with E-state index in [2.05, 4.69) is 40.5 Å². The molecular weight excluding hydrogens is 310 g/mol. The van der Waals surface area contributed by atoms with Crippen LogP contribution in [0, 0.1) is 11.8 Å². The summed E-state index contributed by atoms with van der Waals surface area (Å²) in [4.78, 5) is 17.5. The largest absolute Gasteiger partial charge is 0.378 e. The van der Waals surface area contributed by atoms with E-state index in [-0.39, 0.29) is 5.78 Å². The van der Waals surface area contributed by atoms with Crippen molar-refractivity contribution < 1.29 is 4.79 Å². The summed E-state index contributed by atoms with van der Waals surface area (Å²) in [5.74, 6) is 1.67. The fraction of sp³-hybridized carbons (Fsp3) is 0.381. The number of benzene rings is 2. The maximum absolute atomic E-state index is 13.0. The molecule has 0 amide bonds. The lowest BCUT2D eigenvalue weighted by molar-refractivity contribution is 0.104. The van der Waals surface area contributed by atoms with Crippen LogP contribution >= 0.6 is 0 Å². The average Bonchev–Trinajstić information content (AvgIpc) is 3.28. The number of anilines is 2. The molecule has 2 aliphatic heterocycles. The Morgan fingerprint density at radius 3 is 2.24 bits per heavy atom. The summed E-state index contributed by atoms with van der Waals surface area (Å²) in [6.45, 7) is 4.46. The maximum Gasteiger partial charge on any atom is 0.194 e. The Hall–Kier alpha value is -2.33. The van der Waals surface area contributed by atoms with Gasteiger partial charge in [-0.2, -0.15) is 0 Å². The zero-order valence-corrected chi connectivity index (χ0v) is 14.7. The molecule has 2 saturated heterocycles. The highest BCUT2D eigenvalue weighted by Crippen LogP contribution is 2.41. The molecule has 0 saturated carbocycles. The molecule has 4 nitrogen and oxygen atoms in total. The molecule has 2 fully saturated rings. The lowest BCUT2D eigenvalue weighted by Crippen LogP contribution is -2.25. The summed E-state index contributed by atoms with van der Waals surface area (Å²) in [6.07, 6.45) is 0. The first-order chi connectivity index (χ1) is 12.1. The van der Waals surface area contributed by atoms with Crippen LogP contribution in [0.2, 0.25) is 0 Å². The van der Waals surface area contributed by atoms with Crippen LogP contribution in [0.15, 0.2) is 36.4 Å². The molecule has 0 spiro atoms. The Morgan fingerprint density at radius 1 is 0.920 bits per heavy atom. The fourth-order valence-corrected chi connectivity index (χ4v) is 4.60. The van der Waals surface area contributed by atoms with Gasteiger partial charge in [-0.05, 0) is 47.2 Å². The summed E-state index contributed by atoms with van der Waals surface area (Å²) in [5.41, 5.74) is 6.11. The van der Waals surface area contributed by atoms with Crippen molar-refractivity contribution >= 4 is 17.2 Å². The van der Waals surface area contributed by atoms with Crippen LogP contribution in [0.25, 0.3) is 11.1 Å². The van der Waals surface area contributed by atoms with E-state index in [4.69, 9.17) is 0 Å². The zero-order chi connectivity index (χ0) is 17.1. The Balaban J connectivity index is 1.50. The Kier molecular flexibility index (Phi) is 3.19. The summed E-state index contributed by atoms with van der Waals surface area (Å²) in [6, 6.07) is 12.6. The molecule has 5 rings (SSSR count). The molecule has 25 heavy (non-hydrogen) atoms. The summed E-state index contributed by atoms with van der Waals surface area (Å²) in [7, 11) is 4.01.